The Balaban J connectivity index is 1.42. The molecule has 1 fully saturated rings. The van der Waals surface area contributed by atoms with Crippen molar-refractivity contribution in [1.29, 1.82) is 0 Å². The van der Waals surface area contributed by atoms with Crippen LogP contribution in [0.25, 0.3) is 0 Å². The Bertz CT molecular complexity index is 1160. The number of rotatable bonds is 5. The standard InChI is InChI=1S/C24H25FN4O5/c1-14-9-15(3-4-17(25)10-14)12-27-20(30)13-29-21(31)24(34-23(29)33)8-7-16-11-18(5-6-19(16)24)28-22(32)26-2/h3-6,9-11,14H,7-8,12-13H2,1-2H3,(H,27,30)(H2,26,28,32). The van der Waals surface area contributed by atoms with Gasteiger partial charge in [-0.15, -0.1) is 0 Å². The van der Waals surface area contributed by atoms with E-state index in [2.05, 4.69) is 16.0 Å². The normalized spacial score (nSPS) is 23.1. The molecule has 0 aromatic heterocycles. The second-order valence-corrected chi connectivity index (χ2v) is 8.42. The minimum atomic E-state index is -1.47. The topological polar surface area (TPSA) is 117 Å². The monoisotopic (exact) mass is 468 g/mol. The van der Waals surface area contributed by atoms with E-state index in [4.69, 9.17) is 4.74 Å². The molecule has 2 unspecified atom stereocenters. The van der Waals surface area contributed by atoms with Gasteiger partial charge in [-0.25, -0.2) is 18.9 Å². The maximum absolute atomic E-state index is 13.5. The van der Waals surface area contributed by atoms with Crippen LogP contribution >= 0.6 is 0 Å². The van der Waals surface area contributed by atoms with E-state index in [0.29, 0.717) is 23.2 Å². The van der Waals surface area contributed by atoms with Crippen molar-refractivity contribution < 1.29 is 28.3 Å². The molecular weight excluding hydrogens is 443 g/mol. The van der Waals surface area contributed by atoms with E-state index < -0.39 is 30.1 Å². The highest BCUT2D eigenvalue weighted by molar-refractivity contribution is 6.06. The van der Waals surface area contributed by atoms with E-state index in [-0.39, 0.29) is 30.7 Å². The number of fused-ring (bicyclic) bond motifs is 2. The summed E-state index contributed by atoms with van der Waals surface area (Å²) in [4.78, 5) is 50.6. The predicted octanol–water partition coefficient (Wildman–Crippen LogP) is 2.66. The molecule has 3 N–H and O–H groups in total. The molecule has 1 aliphatic heterocycles. The van der Waals surface area contributed by atoms with Crippen molar-refractivity contribution in [2.24, 2.45) is 5.92 Å². The highest BCUT2D eigenvalue weighted by atomic mass is 19.1. The summed E-state index contributed by atoms with van der Waals surface area (Å²) in [5.74, 6) is -1.61. The van der Waals surface area contributed by atoms with E-state index in [1.54, 1.807) is 24.3 Å². The lowest BCUT2D eigenvalue weighted by Crippen LogP contribution is -2.43. The number of halogens is 1. The van der Waals surface area contributed by atoms with E-state index in [1.807, 2.05) is 13.0 Å². The Morgan fingerprint density at radius 2 is 2.03 bits per heavy atom. The SMILES string of the molecule is CNC(=O)Nc1ccc2c(c1)CCC21OC(=O)N(CC(=O)NCC2=CC(C)C=C(F)C=C2)C1=O. The molecule has 1 aromatic carbocycles. The van der Waals surface area contributed by atoms with Crippen molar-refractivity contribution in [1.82, 2.24) is 15.5 Å². The fourth-order valence-corrected chi connectivity index (χ4v) is 4.38. The number of aryl methyl sites for hydroxylation is 1. The van der Waals surface area contributed by atoms with Crippen molar-refractivity contribution >= 4 is 29.6 Å². The number of hydrogen-bond acceptors (Lipinski definition) is 5. The van der Waals surface area contributed by atoms with Gasteiger partial charge in [0.15, 0.2) is 0 Å². The van der Waals surface area contributed by atoms with Gasteiger partial charge in [0.05, 0.1) is 0 Å². The Labute approximate surface area is 195 Å². The van der Waals surface area contributed by atoms with Crippen molar-refractivity contribution in [2.45, 2.75) is 25.4 Å². The molecule has 2 atom stereocenters. The van der Waals surface area contributed by atoms with E-state index in [0.717, 1.165) is 10.5 Å². The zero-order valence-corrected chi connectivity index (χ0v) is 18.8. The van der Waals surface area contributed by atoms with E-state index in [9.17, 15) is 23.6 Å². The summed E-state index contributed by atoms with van der Waals surface area (Å²) in [6, 6.07) is 4.65. The van der Waals surface area contributed by atoms with Crippen molar-refractivity contribution in [3.8, 4) is 0 Å². The lowest BCUT2D eigenvalue weighted by molar-refractivity contribution is -0.139. The van der Waals surface area contributed by atoms with Gasteiger partial charge in [-0.2, -0.15) is 0 Å². The van der Waals surface area contributed by atoms with Gasteiger partial charge in [0.2, 0.25) is 11.5 Å². The molecule has 1 saturated heterocycles. The largest absolute Gasteiger partial charge is 0.427 e. The molecule has 0 bridgehead atoms. The molecule has 34 heavy (non-hydrogen) atoms. The van der Waals surface area contributed by atoms with Gasteiger partial charge in [0.1, 0.15) is 12.4 Å². The maximum atomic E-state index is 13.5. The molecule has 0 saturated carbocycles. The zero-order chi connectivity index (χ0) is 24.5. The molecular formula is C24H25FN4O5. The summed E-state index contributed by atoms with van der Waals surface area (Å²) in [6.45, 7) is 1.47. The van der Waals surface area contributed by atoms with Gasteiger partial charge >= 0.3 is 12.1 Å². The minimum absolute atomic E-state index is 0.132. The summed E-state index contributed by atoms with van der Waals surface area (Å²) in [5.41, 5.74) is 1.12. The van der Waals surface area contributed by atoms with Crippen LogP contribution in [-0.4, -0.2) is 49.0 Å². The number of allylic oxidation sites excluding steroid dienone is 4. The molecule has 4 rings (SSSR count). The molecule has 5 amide bonds. The molecule has 1 spiro atoms. The van der Waals surface area contributed by atoms with Crippen LogP contribution in [0.1, 0.15) is 24.5 Å². The zero-order valence-electron chi connectivity index (χ0n) is 18.8. The Hall–Kier alpha value is -3.95. The average Bonchev–Trinajstić information content (AvgIpc) is 3.20. The van der Waals surface area contributed by atoms with Crippen LogP contribution in [0.2, 0.25) is 0 Å². The van der Waals surface area contributed by atoms with Gasteiger partial charge < -0.3 is 20.7 Å². The molecule has 1 aromatic rings. The number of anilines is 1. The number of imide groups is 1. The molecule has 178 valence electrons. The average molecular weight is 468 g/mol. The van der Waals surface area contributed by atoms with Crippen LogP contribution in [-0.2, 0) is 26.3 Å². The van der Waals surface area contributed by atoms with Crippen molar-refractivity contribution in [3.63, 3.8) is 0 Å². The van der Waals surface area contributed by atoms with Crippen molar-refractivity contribution in [3.05, 3.63) is 65.0 Å². The second kappa shape index (κ2) is 9.12. The van der Waals surface area contributed by atoms with E-state index >= 15 is 0 Å². The van der Waals surface area contributed by atoms with Crippen LogP contribution in [0.15, 0.2) is 53.9 Å². The summed E-state index contributed by atoms with van der Waals surface area (Å²) >= 11 is 0. The lowest BCUT2D eigenvalue weighted by Gasteiger charge is -2.20. The highest BCUT2D eigenvalue weighted by Crippen LogP contribution is 2.45. The van der Waals surface area contributed by atoms with Crippen molar-refractivity contribution in [2.75, 3.05) is 25.5 Å². The van der Waals surface area contributed by atoms with Crippen LogP contribution in [0.4, 0.5) is 19.7 Å². The van der Waals surface area contributed by atoms with Crippen LogP contribution in [0.3, 0.4) is 0 Å². The van der Waals surface area contributed by atoms with Crippen LogP contribution in [0.5, 0.6) is 0 Å². The number of carbonyl (C=O) groups is 4. The number of benzene rings is 1. The fraction of sp³-hybridized carbons (Fsp3) is 0.333. The van der Waals surface area contributed by atoms with Crippen LogP contribution < -0.4 is 16.0 Å². The first-order chi connectivity index (χ1) is 16.2. The smallest absolute Gasteiger partial charge is 0.418 e. The summed E-state index contributed by atoms with van der Waals surface area (Å²) in [6.07, 6.45) is 6.01. The van der Waals surface area contributed by atoms with Gasteiger partial charge in [0.25, 0.3) is 5.91 Å². The Morgan fingerprint density at radius 3 is 2.79 bits per heavy atom. The third kappa shape index (κ3) is 4.43. The molecule has 9 nitrogen and oxygen atoms in total. The first kappa shape index (κ1) is 23.2. The van der Waals surface area contributed by atoms with Gasteiger partial charge in [-0.05, 0) is 47.8 Å². The third-order valence-corrected chi connectivity index (χ3v) is 5.99. The second-order valence-electron chi connectivity index (χ2n) is 8.42. The fourth-order valence-electron chi connectivity index (χ4n) is 4.38. The number of nitrogens with zero attached hydrogens (tertiary/aromatic N) is 1. The molecule has 1 heterocycles. The number of nitrogens with one attached hydrogen (secondary N) is 3. The molecule has 10 heteroatoms. The first-order valence-electron chi connectivity index (χ1n) is 10.9. The summed E-state index contributed by atoms with van der Waals surface area (Å²) < 4.78 is 19.0. The number of carbonyl (C=O) groups excluding carboxylic acids is 4. The van der Waals surface area contributed by atoms with E-state index in [1.165, 1.54) is 19.2 Å². The third-order valence-electron chi connectivity index (χ3n) is 5.99. The number of hydrogen-bond donors (Lipinski definition) is 3. The quantitative estimate of drug-likeness (QED) is 0.614. The first-order valence-corrected chi connectivity index (χ1v) is 10.9. The number of amides is 5. The number of urea groups is 1. The van der Waals surface area contributed by atoms with Gasteiger partial charge in [-0.3, -0.25) is 9.59 Å². The number of ether oxygens (including phenoxy) is 1. The lowest BCUT2D eigenvalue weighted by atomic mass is 9.94. The van der Waals surface area contributed by atoms with Gasteiger partial charge in [0, 0.05) is 31.3 Å². The maximum Gasteiger partial charge on any atom is 0.418 e. The predicted molar refractivity (Wildman–Crippen MR) is 121 cm³/mol. The highest BCUT2D eigenvalue weighted by Gasteiger charge is 2.58. The Morgan fingerprint density at radius 1 is 1.24 bits per heavy atom. The summed E-state index contributed by atoms with van der Waals surface area (Å²) in [7, 11) is 1.50. The molecule has 3 aliphatic rings. The van der Waals surface area contributed by atoms with Crippen LogP contribution in [0, 0.1) is 5.92 Å². The molecule has 2 aliphatic carbocycles. The van der Waals surface area contributed by atoms with Gasteiger partial charge in [-0.1, -0.05) is 25.1 Å². The minimum Gasteiger partial charge on any atom is -0.427 e. The Kier molecular flexibility index (Phi) is 6.23. The molecule has 0 radical (unpaired) electrons. The summed E-state index contributed by atoms with van der Waals surface area (Å²) in [5, 5.41) is 7.79.